The predicted molar refractivity (Wildman–Crippen MR) is 95.8 cm³/mol. The smallest absolute Gasteiger partial charge is 0.151 e. The molecule has 0 fully saturated rings. The van der Waals surface area contributed by atoms with Crippen LogP contribution in [0.5, 0.6) is 0 Å². The van der Waals surface area contributed by atoms with Crippen LogP contribution in [0.3, 0.4) is 0 Å². The van der Waals surface area contributed by atoms with Crippen LogP contribution in [0.1, 0.15) is 17.3 Å². The lowest BCUT2D eigenvalue weighted by Gasteiger charge is -2.06. The number of hydrogen-bond donors (Lipinski definition) is 3. The summed E-state index contributed by atoms with van der Waals surface area (Å²) in [6, 6.07) is 12.8. The Balaban J connectivity index is 2.02. The molecule has 0 radical (unpaired) electrons. The van der Waals surface area contributed by atoms with Crippen LogP contribution in [-0.4, -0.2) is 4.98 Å². The van der Waals surface area contributed by atoms with E-state index in [1.54, 1.807) is 30.5 Å². The summed E-state index contributed by atoms with van der Waals surface area (Å²) in [7, 11) is 0. The van der Waals surface area contributed by atoms with Crippen LogP contribution in [0, 0.1) is 12.3 Å². The van der Waals surface area contributed by atoms with Crippen molar-refractivity contribution in [2.75, 3.05) is 5.73 Å². The second kappa shape index (κ2) is 6.46. The molecule has 6 N–H and O–H groups in total. The van der Waals surface area contributed by atoms with Crippen LogP contribution >= 0.6 is 0 Å². The Bertz CT molecular complexity index is 952. The number of nitrogens with two attached hydrogens (primary N) is 3. The second-order valence-electron chi connectivity index (χ2n) is 5.26. The van der Waals surface area contributed by atoms with Gasteiger partial charge >= 0.3 is 0 Å². The molecule has 118 valence electrons. The van der Waals surface area contributed by atoms with E-state index in [2.05, 4.69) is 21.1 Å². The van der Waals surface area contributed by atoms with E-state index in [1.807, 2.05) is 18.2 Å². The van der Waals surface area contributed by atoms with Crippen molar-refractivity contribution in [3.63, 3.8) is 0 Å². The van der Waals surface area contributed by atoms with E-state index < -0.39 is 6.17 Å². The molecule has 3 rings (SSSR count). The maximum atomic E-state index is 5.96. The van der Waals surface area contributed by atoms with Gasteiger partial charge in [-0.1, -0.05) is 24.1 Å². The largest absolute Gasteiger partial charge is 0.382 e. The molecule has 1 heterocycles. The first kappa shape index (κ1) is 15.6. The molecule has 0 spiro atoms. The minimum atomic E-state index is -0.518. The standard InChI is InChI=1S/C18H16N6/c1-2-11-3-4-13-10-22-18(21)16(15(13)9-11)24-23-14-7-5-12(6-8-14)17(19)20/h1,3-10,17H,19-20H2,(H2,21,22). The van der Waals surface area contributed by atoms with E-state index in [0.717, 1.165) is 21.9 Å². The molecule has 0 unspecified atom stereocenters. The maximum absolute atomic E-state index is 5.96. The summed E-state index contributed by atoms with van der Waals surface area (Å²) in [6.07, 6.45) is 6.63. The van der Waals surface area contributed by atoms with Crippen molar-refractivity contribution in [1.82, 2.24) is 4.98 Å². The third-order valence-corrected chi connectivity index (χ3v) is 3.60. The molecule has 3 aromatic rings. The highest BCUT2D eigenvalue weighted by atomic mass is 15.1. The van der Waals surface area contributed by atoms with Crippen molar-refractivity contribution in [2.24, 2.45) is 21.7 Å². The SMILES string of the molecule is C#Cc1ccc2cnc(N)c(N=Nc3ccc(C(N)N)cc3)c2c1. The van der Waals surface area contributed by atoms with Crippen LogP contribution in [0.15, 0.2) is 58.9 Å². The summed E-state index contributed by atoms with van der Waals surface area (Å²) in [5.74, 6) is 2.89. The Hall–Kier alpha value is -3.27. The number of nitrogens with zero attached hydrogens (tertiary/aromatic N) is 3. The van der Waals surface area contributed by atoms with Gasteiger partial charge in [0.05, 0.1) is 11.9 Å². The van der Waals surface area contributed by atoms with E-state index in [4.69, 9.17) is 23.6 Å². The fraction of sp³-hybridized carbons (Fsp3) is 0.0556. The highest BCUT2D eigenvalue weighted by molar-refractivity contribution is 5.96. The minimum Gasteiger partial charge on any atom is -0.382 e. The third kappa shape index (κ3) is 3.08. The van der Waals surface area contributed by atoms with Gasteiger partial charge in [-0.05, 0) is 29.8 Å². The van der Waals surface area contributed by atoms with Gasteiger partial charge in [-0.15, -0.1) is 11.5 Å². The average Bonchev–Trinajstić information content (AvgIpc) is 2.60. The first-order valence-corrected chi connectivity index (χ1v) is 7.26. The zero-order valence-electron chi connectivity index (χ0n) is 12.8. The lowest BCUT2D eigenvalue weighted by Crippen LogP contribution is -2.19. The number of hydrogen-bond acceptors (Lipinski definition) is 6. The van der Waals surface area contributed by atoms with E-state index in [0.29, 0.717) is 17.2 Å². The average molecular weight is 316 g/mol. The first-order chi connectivity index (χ1) is 11.6. The molecule has 2 aromatic carbocycles. The van der Waals surface area contributed by atoms with Gasteiger partial charge in [-0.3, -0.25) is 0 Å². The predicted octanol–water partition coefficient (Wildman–Crippen LogP) is 3.13. The van der Waals surface area contributed by atoms with Crippen LogP contribution < -0.4 is 17.2 Å². The molecule has 0 amide bonds. The summed E-state index contributed by atoms with van der Waals surface area (Å²) < 4.78 is 0. The molecule has 0 saturated heterocycles. The highest BCUT2D eigenvalue weighted by Crippen LogP contribution is 2.32. The Morgan fingerprint density at radius 3 is 2.46 bits per heavy atom. The summed E-state index contributed by atoms with van der Waals surface area (Å²) >= 11 is 0. The Kier molecular flexibility index (Phi) is 4.20. The zero-order chi connectivity index (χ0) is 17.1. The fourth-order valence-corrected chi connectivity index (χ4v) is 2.28. The highest BCUT2D eigenvalue weighted by Gasteiger charge is 2.07. The van der Waals surface area contributed by atoms with Crippen LogP contribution in [0.4, 0.5) is 17.2 Å². The van der Waals surface area contributed by atoms with Crippen molar-refractivity contribution < 1.29 is 0 Å². The second-order valence-corrected chi connectivity index (χ2v) is 5.26. The van der Waals surface area contributed by atoms with Crippen LogP contribution in [0.2, 0.25) is 0 Å². The first-order valence-electron chi connectivity index (χ1n) is 7.26. The van der Waals surface area contributed by atoms with E-state index >= 15 is 0 Å². The van der Waals surface area contributed by atoms with Crippen molar-refractivity contribution in [3.8, 4) is 12.3 Å². The number of aromatic nitrogens is 1. The van der Waals surface area contributed by atoms with Gasteiger partial charge in [-0.25, -0.2) is 4.98 Å². The fourth-order valence-electron chi connectivity index (χ4n) is 2.28. The number of terminal acetylenes is 1. The molecule has 6 heteroatoms. The molecule has 24 heavy (non-hydrogen) atoms. The topological polar surface area (TPSA) is 116 Å². The summed E-state index contributed by atoms with van der Waals surface area (Å²) in [6.45, 7) is 0. The third-order valence-electron chi connectivity index (χ3n) is 3.60. The van der Waals surface area contributed by atoms with Gasteiger partial charge in [0, 0.05) is 22.5 Å². The summed E-state index contributed by atoms with van der Waals surface area (Å²) in [5, 5.41) is 10.2. The van der Waals surface area contributed by atoms with Gasteiger partial charge in [0.15, 0.2) is 5.82 Å². The Morgan fingerprint density at radius 2 is 1.79 bits per heavy atom. The van der Waals surface area contributed by atoms with Gasteiger partial charge in [0.2, 0.25) is 0 Å². The van der Waals surface area contributed by atoms with Crippen LogP contribution in [-0.2, 0) is 0 Å². The van der Waals surface area contributed by atoms with Crippen molar-refractivity contribution in [3.05, 3.63) is 59.8 Å². The zero-order valence-corrected chi connectivity index (χ0v) is 12.8. The van der Waals surface area contributed by atoms with Crippen molar-refractivity contribution in [2.45, 2.75) is 6.17 Å². The molecule has 6 nitrogen and oxygen atoms in total. The van der Waals surface area contributed by atoms with E-state index in [1.165, 1.54) is 0 Å². The number of nitrogen functional groups attached to an aromatic ring is 1. The maximum Gasteiger partial charge on any atom is 0.151 e. The summed E-state index contributed by atoms with van der Waals surface area (Å²) in [5.41, 5.74) is 19.9. The Labute approximate surface area is 139 Å². The number of benzene rings is 2. The lowest BCUT2D eigenvalue weighted by molar-refractivity contribution is 0.774. The van der Waals surface area contributed by atoms with Crippen LogP contribution in [0.25, 0.3) is 10.8 Å². The quantitative estimate of drug-likeness (QED) is 0.391. The monoisotopic (exact) mass is 316 g/mol. The summed E-state index contributed by atoms with van der Waals surface area (Å²) in [4.78, 5) is 4.15. The number of rotatable bonds is 3. The lowest BCUT2D eigenvalue weighted by atomic mass is 10.1. The molecule has 0 atom stereocenters. The molecule has 1 aromatic heterocycles. The van der Waals surface area contributed by atoms with Gasteiger partial charge in [-0.2, -0.15) is 5.11 Å². The number of anilines is 1. The Morgan fingerprint density at radius 1 is 1.04 bits per heavy atom. The van der Waals surface area contributed by atoms with Gasteiger partial charge in [0.25, 0.3) is 0 Å². The molecule has 0 aliphatic heterocycles. The normalized spacial score (nSPS) is 11.2. The molecule has 0 bridgehead atoms. The molecular weight excluding hydrogens is 300 g/mol. The van der Waals surface area contributed by atoms with Gasteiger partial charge < -0.3 is 17.2 Å². The molecule has 0 aliphatic carbocycles. The molecular formula is C18H16N6. The molecule has 0 saturated carbocycles. The van der Waals surface area contributed by atoms with E-state index in [9.17, 15) is 0 Å². The van der Waals surface area contributed by atoms with Gasteiger partial charge in [0.1, 0.15) is 5.69 Å². The van der Waals surface area contributed by atoms with Crippen molar-refractivity contribution in [1.29, 1.82) is 0 Å². The van der Waals surface area contributed by atoms with E-state index in [-0.39, 0.29) is 0 Å². The number of azo groups is 1. The number of pyridine rings is 1. The minimum absolute atomic E-state index is 0.293. The number of fused-ring (bicyclic) bond motifs is 1. The van der Waals surface area contributed by atoms with Crippen molar-refractivity contribution >= 4 is 28.0 Å². The molecule has 0 aliphatic rings.